The van der Waals surface area contributed by atoms with Gasteiger partial charge >= 0.3 is 0 Å². The van der Waals surface area contributed by atoms with Crippen molar-refractivity contribution in [1.29, 1.82) is 5.26 Å². The van der Waals surface area contributed by atoms with Gasteiger partial charge < -0.3 is 0 Å². The van der Waals surface area contributed by atoms with Crippen LogP contribution in [0.1, 0.15) is 25.8 Å². The third-order valence-electron chi connectivity index (χ3n) is 2.99. The van der Waals surface area contributed by atoms with Crippen molar-refractivity contribution in [2.45, 2.75) is 31.6 Å². The molecule has 1 aromatic rings. The second-order valence-corrected chi connectivity index (χ2v) is 7.56. The minimum atomic E-state index is -3.55. The zero-order chi connectivity index (χ0) is 15.9. The van der Waals surface area contributed by atoms with Gasteiger partial charge in [0.1, 0.15) is 0 Å². The highest BCUT2D eigenvalue weighted by molar-refractivity contribution is 7.89. The second kappa shape index (κ2) is 8.38. The molecule has 0 heterocycles. The predicted octanol–water partition coefficient (Wildman–Crippen LogP) is 3.03. The van der Waals surface area contributed by atoms with Gasteiger partial charge in [0.05, 0.1) is 11.0 Å². The summed E-state index contributed by atoms with van der Waals surface area (Å²) < 4.78 is 26.7. The number of alkyl halides is 1. The van der Waals surface area contributed by atoms with Crippen molar-refractivity contribution >= 4 is 21.6 Å². The van der Waals surface area contributed by atoms with Crippen LogP contribution >= 0.6 is 11.6 Å². The van der Waals surface area contributed by atoms with E-state index in [1.165, 1.54) is 4.31 Å². The molecule has 116 valence electrons. The lowest BCUT2D eigenvalue weighted by atomic mass is 10.2. The Bertz CT molecular complexity index is 577. The van der Waals surface area contributed by atoms with Gasteiger partial charge in [-0.25, -0.2) is 8.42 Å². The van der Waals surface area contributed by atoms with Crippen LogP contribution in [0.4, 0.5) is 0 Å². The Morgan fingerprint density at radius 3 is 2.38 bits per heavy atom. The molecule has 0 amide bonds. The highest BCUT2D eigenvalue weighted by Gasteiger charge is 2.24. The van der Waals surface area contributed by atoms with Crippen LogP contribution in [0.3, 0.4) is 0 Å². The molecule has 0 fully saturated rings. The number of nitrogens with zero attached hydrogens (tertiary/aromatic N) is 2. The van der Waals surface area contributed by atoms with E-state index in [0.29, 0.717) is 18.8 Å². The van der Waals surface area contributed by atoms with E-state index in [-0.39, 0.29) is 23.8 Å². The van der Waals surface area contributed by atoms with E-state index in [4.69, 9.17) is 16.9 Å². The quantitative estimate of drug-likeness (QED) is 0.689. The van der Waals surface area contributed by atoms with E-state index in [1.807, 2.05) is 19.9 Å². The molecule has 0 spiro atoms. The highest BCUT2D eigenvalue weighted by atomic mass is 35.5. The van der Waals surface area contributed by atoms with Crippen LogP contribution in [0.15, 0.2) is 29.2 Å². The van der Waals surface area contributed by atoms with Gasteiger partial charge in [-0.1, -0.05) is 26.0 Å². The maximum absolute atomic E-state index is 12.6. The summed E-state index contributed by atoms with van der Waals surface area (Å²) in [6.07, 6.45) is 0.905. The summed E-state index contributed by atoms with van der Waals surface area (Å²) in [5, 5.41) is 8.70. The first-order valence-corrected chi connectivity index (χ1v) is 8.91. The molecule has 1 aromatic carbocycles. The minimum Gasteiger partial charge on any atom is -0.207 e. The van der Waals surface area contributed by atoms with Crippen LogP contribution in [0.5, 0.6) is 0 Å². The van der Waals surface area contributed by atoms with Crippen molar-refractivity contribution in [3.63, 3.8) is 0 Å². The van der Waals surface area contributed by atoms with Gasteiger partial charge in [0.15, 0.2) is 0 Å². The van der Waals surface area contributed by atoms with E-state index < -0.39 is 10.0 Å². The smallest absolute Gasteiger partial charge is 0.207 e. The van der Waals surface area contributed by atoms with Crippen LogP contribution in [0.25, 0.3) is 0 Å². The van der Waals surface area contributed by atoms with Crippen molar-refractivity contribution < 1.29 is 8.42 Å². The predicted molar refractivity (Wildman–Crippen MR) is 84.7 cm³/mol. The molecule has 0 saturated heterocycles. The molecule has 6 heteroatoms. The van der Waals surface area contributed by atoms with Crippen molar-refractivity contribution in [3.05, 3.63) is 29.8 Å². The fourth-order valence-electron chi connectivity index (χ4n) is 1.98. The van der Waals surface area contributed by atoms with E-state index in [9.17, 15) is 8.42 Å². The molecular weight excluding hydrogens is 308 g/mol. The molecule has 0 aliphatic carbocycles. The molecule has 0 aliphatic rings. The Kier molecular flexibility index (Phi) is 7.16. The van der Waals surface area contributed by atoms with Gasteiger partial charge in [0.2, 0.25) is 10.0 Å². The Hall–Kier alpha value is -1.09. The Morgan fingerprint density at radius 2 is 1.90 bits per heavy atom. The fourth-order valence-corrected chi connectivity index (χ4v) is 3.80. The summed E-state index contributed by atoms with van der Waals surface area (Å²) in [5.41, 5.74) is 1.01. The van der Waals surface area contributed by atoms with Crippen LogP contribution in [-0.2, 0) is 16.4 Å². The lowest BCUT2D eigenvalue weighted by Gasteiger charge is -2.23. The van der Waals surface area contributed by atoms with Crippen molar-refractivity contribution in [3.8, 4) is 6.07 Å². The maximum atomic E-state index is 12.6. The summed E-state index contributed by atoms with van der Waals surface area (Å²) in [4.78, 5) is 0.263. The fraction of sp³-hybridized carbons (Fsp3) is 0.533. The summed E-state index contributed by atoms with van der Waals surface area (Å²) in [7, 11) is -3.55. The molecule has 0 N–H and O–H groups in total. The van der Waals surface area contributed by atoms with Gasteiger partial charge in [0, 0.05) is 25.4 Å². The number of nitriles is 1. The van der Waals surface area contributed by atoms with Crippen molar-refractivity contribution in [2.24, 2.45) is 5.92 Å². The van der Waals surface area contributed by atoms with Crippen LogP contribution < -0.4 is 0 Å². The zero-order valence-corrected chi connectivity index (χ0v) is 14.0. The molecule has 0 bridgehead atoms. The van der Waals surface area contributed by atoms with Crippen molar-refractivity contribution in [2.75, 3.05) is 19.0 Å². The number of aryl methyl sites for hydroxylation is 1. The average Bonchev–Trinajstić information content (AvgIpc) is 2.44. The van der Waals surface area contributed by atoms with Crippen LogP contribution in [-0.4, -0.2) is 31.7 Å². The van der Waals surface area contributed by atoms with Gasteiger partial charge in [-0.15, -0.1) is 11.6 Å². The first kappa shape index (κ1) is 18.0. The zero-order valence-electron chi connectivity index (χ0n) is 12.4. The molecular formula is C15H21ClN2O2S. The van der Waals surface area contributed by atoms with Crippen LogP contribution in [0.2, 0.25) is 0 Å². The monoisotopic (exact) mass is 328 g/mol. The van der Waals surface area contributed by atoms with E-state index >= 15 is 0 Å². The molecule has 21 heavy (non-hydrogen) atoms. The number of hydrogen-bond donors (Lipinski definition) is 0. The summed E-state index contributed by atoms with van der Waals surface area (Å²) >= 11 is 5.67. The van der Waals surface area contributed by atoms with Crippen molar-refractivity contribution in [1.82, 2.24) is 4.31 Å². The second-order valence-electron chi connectivity index (χ2n) is 5.25. The molecule has 0 aliphatic heterocycles. The molecule has 1 rings (SSSR count). The first-order chi connectivity index (χ1) is 9.91. The van der Waals surface area contributed by atoms with E-state index in [1.54, 1.807) is 24.3 Å². The summed E-state index contributed by atoms with van der Waals surface area (Å²) in [6, 6.07) is 8.79. The molecule has 0 atom stereocenters. The van der Waals surface area contributed by atoms with E-state index in [2.05, 4.69) is 0 Å². The largest absolute Gasteiger partial charge is 0.243 e. The Labute approximate surface area is 132 Å². The normalized spacial score (nSPS) is 11.8. The summed E-state index contributed by atoms with van der Waals surface area (Å²) in [5.74, 6) is 0.710. The third-order valence-corrected chi connectivity index (χ3v) is 5.05. The highest BCUT2D eigenvalue weighted by Crippen LogP contribution is 2.18. The topological polar surface area (TPSA) is 61.2 Å². The lowest BCUT2D eigenvalue weighted by molar-refractivity contribution is 0.373. The molecule has 4 nitrogen and oxygen atoms in total. The first-order valence-electron chi connectivity index (χ1n) is 6.93. The Morgan fingerprint density at radius 1 is 1.29 bits per heavy atom. The van der Waals surface area contributed by atoms with Gasteiger partial charge in [-0.05, 0) is 30.0 Å². The number of sulfonamides is 1. The Balaban J connectivity index is 3.01. The average molecular weight is 329 g/mol. The molecule has 0 unspecified atom stereocenters. The molecule has 0 aromatic heterocycles. The number of rotatable bonds is 8. The number of hydrogen-bond acceptors (Lipinski definition) is 3. The summed E-state index contributed by atoms with van der Waals surface area (Å²) in [6.45, 7) is 4.55. The van der Waals surface area contributed by atoms with Crippen LogP contribution in [0, 0.1) is 17.2 Å². The van der Waals surface area contributed by atoms with E-state index in [0.717, 1.165) is 5.56 Å². The standard InChI is InChI=1S/C15H21ClN2O2S/c1-13(2)12-18(11-3-10-17)21(19,20)15-6-4-14(5-7-15)8-9-16/h4-7,13H,3,8-9,11-12H2,1-2H3. The molecule has 0 radical (unpaired) electrons. The maximum Gasteiger partial charge on any atom is 0.243 e. The number of halogens is 1. The van der Waals surface area contributed by atoms with Gasteiger partial charge in [0.25, 0.3) is 0 Å². The minimum absolute atomic E-state index is 0.191. The third kappa shape index (κ3) is 5.31. The SMILES string of the molecule is CC(C)CN(CCC#N)S(=O)(=O)c1ccc(CCCl)cc1. The van der Waals surface area contributed by atoms with Gasteiger partial charge in [-0.3, -0.25) is 0 Å². The number of benzene rings is 1. The van der Waals surface area contributed by atoms with Gasteiger partial charge in [-0.2, -0.15) is 9.57 Å². The lowest BCUT2D eigenvalue weighted by Crippen LogP contribution is -2.35. The molecule has 0 saturated carbocycles.